The molecule has 0 spiro atoms. The zero-order valence-electron chi connectivity index (χ0n) is 12.9. The average molecular weight is 283 g/mol. The lowest BCUT2D eigenvalue weighted by atomic mass is 10.1. The van der Waals surface area contributed by atoms with Gasteiger partial charge in [0.1, 0.15) is 5.75 Å². The van der Waals surface area contributed by atoms with Crippen LogP contribution in [0, 0.1) is 20.8 Å². The maximum atomic E-state index is 12.2. The Morgan fingerprint density at radius 2 is 1.67 bits per heavy atom. The Hall–Kier alpha value is -2.29. The van der Waals surface area contributed by atoms with Gasteiger partial charge in [-0.1, -0.05) is 18.2 Å². The third kappa shape index (κ3) is 4.35. The molecule has 1 N–H and O–H groups in total. The van der Waals surface area contributed by atoms with E-state index in [-0.39, 0.29) is 5.91 Å². The van der Waals surface area contributed by atoms with Crippen molar-refractivity contribution in [2.24, 2.45) is 0 Å². The van der Waals surface area contributed by atoms with Crippen LogP contribution in [0.25, 0.3) is 0 Å². The summed E-state index contributed by atoms with van der Waals surface area (Å²) >= 11 is 0. The number of hydrogen-bond acceptors (Lipinski definition) is 2. The Kier molecular flexibility index (Phi) is 4.63. The first-order chi connectivity index (χ1) is 9.94. The van der Waals surface area contributed by atoms with Gasteiger partial charge in [-0.3, -0.25) is 4.79 Å². The first-order valence-electron chi connectivity index (χ1n) is 7.06. The molecule has 2 rings (SSSR count). The van der Waals surface area contributed by atoms with E-state index in [0.29, 0.717) is 5.75 Å². The smallest absolute Gasteiger partial charge is 0.265 e. The maximum absolute atomic E-state index is 12.2. The molecule has 0 bridgehead atoms. The van der Waals surface area contributed by atoms with Crippen molar-refractivity contribution in [3.05, 3.63) is 59.2 Å². The summed E-state index contributed by atoms with van der Waals surface area (Å²) in [5.74, 6) is 0.555. The fraction of sp³-hybridized carbons (Fsp3) is 0.278. The van der Waals surface area contributed by atoms with Gasteiger partial charge in [0.15, 0.2) is 6.10 Å². The normalized spacial score (nSPS) is 11.8. The van der Waals surface area contributed by atoms with Gasteiger partial charge in [0.25, 0.3) is 5.91 Å². The molecule has 0 unspecified atom stereocenters. The Balaban J connectivity index is 2.02. The van der Waals surface area contributed by atoms with Crippen molar-refractivity contribution in [2.75, 3.05) is 5.32 Å². The number of aryl methyl sites for hydroxylation is 3. The second-order valence-electron chi connectivity index (χ2n) is 5.44. The summed E-state index contributed by atoms with van der Waals surface area (Å²) in [4.78, 5) is 12.2. The number of hydrogen-bond donors (Lipinski definition) is 1. The fourth-order valence-corrected chi connectivity index (χ4v) is 2.24. The molecule has 2 aromatic rings. The highest BCUT2D eigenvalue weighted by Crippen LogP contribution is 2.17. The molecule has 0 saturated heterocycles. The topological polar surface area (TPSA) is 38.3 Å². The molecule has 3 heteroatoms. The highest BCUT2D eigenvalue weighted by Gasteiger charge is 2.15. The second kappa shape index (κ2) is 6.44. The summed E-state index contributed by atoms with van der Waals surface area (Å²) in [6, 6.07) is 13.7. The number of amides is 1. The van der Waals surface area contributed by atoms with Crippen LogP contribution in [0.3, 0.4) is 0 Å². The molecule has 1 amide bonds. The molecule has 0 radical (unpaired) electrons. The van der Waals surface area contributed by atoms with E-state index in [1.54, 1.807) is 6.92 Å². The first kappa shape index (κ1) is 15.1. The van der Waals surface area contributed by atoms with E-state index in [1.807, 2.05) is 57.2 Å². The van der Waals surface area contributed by atoms with E-state index in [4.69, 9.17) is 4.74 Å². The molecule has 0 aliphatic carbocycles. The van der Waals surface area contributed by atoms with Gasteiger partial charge in [-0.15, -0.1) is 0 Å². The Labute approximate surface area is 126 Å². The lowest BCUT2D eigenvalue weighted by molar-refractivity contribution is -0.122. The van der Waals surface area contributed by atoms with Crippen LogP contribution in [0.4, 0.5) is 5.69 Å². The molecule has 0 aliphatic rings. The van der Waals surface area contributed by atoms with Crippen molar-refractivity contribution in [2.45, 2.75) is 33.8 Å². The third-order valence-corrected chi connectivity index (χ3v) is 3.16. The van der Waals surface area contributed by atoms with Crippen molar-refractivity contribution >= 4 is 11.6 Å². The van der Waals surface area contributed by atoms with Crippen LogP contribution in [0.2, 0.25) is 0 Å². The summed E-state index contributed by atoms with van der Waals surface area (Å²) in [6.45, 7) is 7.76. The van der Waals surface area contributed by atoms with Crippen LogP contribution in [-0.4, -0.2) is 12.0 Å². The van der Waals surface area contributed by atoms with E-state index < -0.39 is 6.10 Å². The summed E-state index contributed by atoms with van der Waals surface area (Å²) in [5.41, 5.74) is 4.15. The van der Waals surface area contributed by atoms with Crippen molar-refractivity contribution in [3.8, 4) is 5.75 Å². The van der Waals surface area contributed by atoms with E-state index in [0.717, 1.165) is 22.4 Å². The largest absolute Gasteiger partial charge is 0.481 e. The second-order valence-corrected chi connectivity index (χ2v) is 5.44. The Morgan fingerprint density at radius 3 is 2.29 bits per heavy atom. The van der Waals surface area contributed by atoms with Gasteiger partial charge in [0, 0.05) is 5.69 Å². The van der Waals surface area contributed by atoms with Gasteiger partial charge in [0.05, 0.1) is 0 Å². The van der Waals surface area contributed by atoms with Gasteiger partial charge in [0.2, 0.25) is 0 Å². The van der Waals surface area contributed by atoms with Crippen molar-refractivity contribution in [3.63, 3.8) is 0 Å². The standard InChI is InChI=1S/C18H21NO2/c1-12-6-5-7-17(11-12)21-15(4)18(20)19-16-9-13(2)8-14(3)10-16/h5-11,15H,1-4H3,(H,19,20)/t15-/m1/s1. The summed E-state index contributed by atoms with van der Waals surface area (Å²) in [7, 11) is 0. The van der Waals surface area contributed by atoms with Crippen LogP contribution >= 0.6 is 0 Å². The molecule has 3 nitrogen and oxygen atoms in total. The fourth-order valence-electron chi connectivity index (χ4n) is 2.24. The molecule has 0 fully saturated rings. The van der Waals surface area contributed by atoms with Crippen LogP contribution in [0.15, 0.2) is 42.5 Å². The number of carbonyl (C=O) groups is 1. The number of rotatable bonds is 4. The number of anilines is 1. The Bertz CT molecular complexity index is 629. The third-order valence-electron chi connectivity index (χ3n) is 3.16. The molecule has 2 aromatic carbocycles. The minimum Gasteiger partial charge on any atom is -0.481 e. The molecular formula is C18H21NO2. The summed E-state index contributed by atoms with van der Waals surface area (Å²) in [6.07, 6.45) is -0.549. The lowest BCUT2D eigenvalue weighted by Gasteiger charge is -2.15. The van der Waals surface area contributed by atoms with Crippen molar-refractivity contribution in [1.29, 1.82) is 0 Å². The van der Waals surface area contributed by atoms with Gasteiger partial charge in [-0.25, -0.2) is 0 Å². The molecule has 110 valence electrons. The van der Waals surface area contributed by atoms with Gasteiger partial charge >= 0.3 is 0 Å². The minimum atomic E-state index is -0.549. The van der Waals surface area contributed by atoms with Crippen molar-refractivity contribution in [1.82, 2.24) is 0 Å². The van der Waals surface area contributed by atoms with Crippen LogP contribution in [0.1, 0.15) is 23.6 Å². The SMILES string of the molecule is Cc1cc(C)cc(NC(=O)[C@@H](C)Oc2cccc(C)c2)c1. The minimum absolute atomic E-state index is 0.151. The van der Waals surface area contributed by atoms with E-state index in [2.05, 4.69) is 11.4 Å². The van der Waals surface area contributed by atoms with Gasteiger partial charge in [-0.2, -0.15) is 0 Å². The monoisotopic (exact) mass is 283 g/mol. The number of nitrogens with one attached hydrogen (secondary N) is 1. The predicted octanol–water partition coefficient (Wildman–Crippen LogP) is 4.02. The Morgan fingerprint density at radius 1 is 1.00 bits per heavy atom. The molecule has 0 aromatic heterocycles. The molecule has 0 heterocycles. The van der Waals surface area contributed by atoms with Crippen LogP contribution < -0.4 is 10.1 Å². The van der Waals surface area contributed by atoms with Gasteiger partial charge in [-0.05, 0) is 68.7 Å². The zero-order chi connectivity index (χ0) is 15.4. The number of benzene rings is 2. The number of ether oxygens (including phenoxy) is 1. The zero-order valence-corrected chi connectivity index (χ0v) is 12.9. The predicted molar refractivity (Wildman–Crippen MR) is 85.8 cm³/mol. The highest BCUT2D eigenvalue weighted by molar-refractivity contribution is 5.94. The van der Waals surface area contributed by atoms with E-state index >= 15 is 0 Å². The maximum Gasteiger partial charge on any atom is 0.265 e. The lowest BCUT2D eigenvalue weighted by Crippen LogP contribution is -2.30. The molecular weight excluding hydrogens is 262 g/mol. The molecule has 21 heavy (non-hydrogen) atoms. The highest BCUT2D eigenvalue weighted by atomic mass is 16.5. The number of carbonyl (C=O) groups excluding carboxylic acids is 1. The van der Waals surface area contributed by atoms with Gasteiger partial charge < -0.3 is 10.1 Å². The van der Waals surface area contributed by atoms with E-state index in [9.17, 15) is 4.79 Å². The quantitative estimate of drug-likeness (QED) is 0.920. The van der Waals surface area contributed by atoms with E-state index in [1.165, 1.54) is 0 Å². The summed E-state index contributed by atoms with van der Waals surface area (Å²) in [5, 5.41) is 2.89. The first-order valence-corrected chi connectivity index (χ1v) is 7.06. The summed E-state index contributed by atoms with van der Waals surface area (Å²) < 4.78 is 5.68. The molecule has 0 aliphatic heterocycles. The van der Waals surface area contributed by atoms with Crippen LogP contribution in [0.5, 0.6) is 5.75 Å². The molecule has 1 atom stereocenters. The van der Waals surface area contributed by atoms with Crippen molar-refractivity contribution < 1.29 is 9.53 Å². The average Bonchev–Trinajstić information content (AvgIpc) is 2.37. The molecule has 0 saturated carbocycles. The van der Waals surface area contributed by atoms with Crippen LogP contribution in [-0.2, 0) is 4.79 Å².